The molecule has 0 aromatic carbocycles. The van der Waals surface area contributed by atoms with Crippen LogP contribution in [0, 0.1) is 5.41 Å². The largest absolute Gasteiger partial charge is 0.378 e. The zero-order valence-electron chi connectivity index (χ0n) is 12.8. The van der Waals surface area contributed by atoms with Crippen LogP contribution < -0.4 is 5.32 Å². The topological polar surface area (TPSA) is 64.9 Å². The second-order valence-corrected chi connectivity index (χ2v) is 6.18. The van der Waals surface area contributed by atoms with Crippen LogP contribution in [0.5, 0.6) is 0 Å². The van der Waals surface area contributed by atoms with Gasteiger partial charge in [-0.15, -0.1) is 0 Å². The summed E-state index contributed by atoms with van der Waals surface area (Å²) in [6, 6.07) is 2.32. The fraction of sp³-hybridized carbons (Fsp3) is 0.562. The van der Waals surface area contributed by atoms with Crippen LogP contribution in [0.15, 0.2) is 30.9 Å². The summed E-state index contributed by atoms with van der Waals surface area (Å²) in [5.74, 6) is 1.55. The molecule has 0 unspecified atom stereocenters. The minimum Gasteiger partial charge on any atom is -0.378 e. The SMILES string of the molecule is CCO[C@@H]1C[C@H](Nc2cncc(-n3cccn3)n2)C12CCC2. The van der Waals surface area contributed by atoms with Crippen molar-refractivity contribution in [2.75, 3.05) is 11.9 Å². The van der Waals surface area contributed by atoms with Gasteiger partial charge in [0.2, 0.25) is 0 Å². The first-order chi connectivity index (χ1) is 10.8. The highest BCUT2D eigenvalue weighted by molar-refractivity contribution is 5.39. The van der Waals surface area contributed by atoms with Crippen molar-refractivity contribution in [2.24, 2.45) is 5.41 Å². The first-order valence-corrected chi connectivity index (χ1v) is 8.02. The number of nitrogens with zero attached hydrogens (tertiary/aromatic N) is 4. The van der Waals surface area contributed by atoms with Crippen molar-refractivity contribution in [2.45, 2.75) is 44.8 Å². The summed E-state index contributed by atoms with van der Waals surface area (Å²) in [5, 5.41) is 7.77. The van der Waals surface area contributed by atoms with E-state index in [2.05, 4.69) is 27.3 Å². The number of ether oxygens (including phenoxy) is 1. The van der Waals surface area contributed by atoms with Gasteiger partial charge in [0.25, 0.3) is 0 Å². The molecule has 2 atom stereocenters. The molecule has 2 aromatic rings. The van der Waals surface area contributed by atoms with Crippen molar-refractivity contribution in [1.29, 1.82) is 0 Å². The van der Waals surface area contributed by atoms with E-state index in [1.54, 1.807) is 23.3 Å². The average molecular weight is 299 g/mol. The Balaban J connectivity index is 1.49. The fourth-order valence-corrected chi connectivity index (χ4v) is 3.76. The van der Waals surface area contributed by atoms with Crippen LogP contribution in [0.3, 0.4) is 0 Å². The number of hydrogen-bond acceptors (Lipinski definition) is 5. The maximum atomic E-state index is 5.90. The zero-order valence-corrected chi connectivity index (χ0v) is 12.8. The van der Waals surface area contributed by atoms with Gasteiger partial charge in [0.05, 0.1) is 18.5 Å². The molecule has 2 aromatic heterocycles. The molecular weight excluding hydrogens is 278 g/mol. The van der Waals surface area contributed by atoms with E-state index in [0.717, 1.165) is 24.7 Å². The Morgan fingerprint density at radius 1 is 1.41 bits per heavy atom. The van der Waals surface area contributed by atoms with E-state index in [-0.39, 0.29) is 0 Å². The molecule has 2 heterocycles. The molecule has 0 aliphatic heterocycles. The van der Waals surface area contributed by atoms with Gasteiger partial charge in [-0.05, 0) is 32.3 Å². The molecule has 2 saturated carbocycles. The maximum Gasteiger partial charge on any atom is 0.173 e. The Hall–Kier alpha value is -1.95. The Kier molecular flexibility index (Phi) is 3.33. The van der Waals surface area contributed by atoms with Crippen molar-refractivity contribution in [1.82, 2.24) is 19.7 Å². The summed E-state index contributed by atoms with van der Waals surface area (Å²) in [4.78, 5) is 8.90. The third kappa shape index (κ3) is 2.09. The molecule has 2 fully saturated rings. The zero-order chi connectivity index (χ0) is 15.0. The predicted molar refractivity (Wildman–Crippen MR) is 82.9 cm³/mol. The Morgan fingerprint density at radius 2 is 2.32 bits per heavy atom. The molecule has 0 bridgehead atoms. The van der Waals surface area contributed by atoms with Gasteiger partial charge < -0.3 is 10.1 Å². The van der Waals surface area contributed by atoms with Crippen LogP contribution in [0.2, 0.25) is 0 Å². The van der Waals surface area contributed by atoms with Crippen LogP contribution in [0.25, 0.3) is 5.82 Å². The smallest absolute Gasteiger partial charge is 0.173 e. The Morgan fingerprint density at radius 3 is 3.00 bits per heavy atom. The van der Waals surface area contributed by atoms with Crippen LogP contribution in [0.1, 0.15) is 32.6 Å². The first kappa shape index (κ1) is 13.7. The van der Waals surface area contributed by atoms with Crippen molar-refractivity contribution in [3.05, 3.63) is 30.9 Å². The molecule has 0 saturated heterocycles. The highest BCUT2D eigenvalue weighted by Gasteiger charge is 2.59. The van der Waals surface area contributed by atoms with Crippen molar-refractivity contribution in [3.8, 4) is 5.82 Å². The van der Waals surface area contributed by atoms with Gasteiger partial charge >= 0.3 is 0 Å². The molecule has 0 radical (unpaired) electrons. The number of nitrogens with one attached hydrogen (secondary N) is 1. The molecule has 0 amide bonds. The highest BCUT2D eigenvalue weighted by atomic mass is 16.5. The van der Waals surface area contributed by atoms with Gasteiger partial charge in [0.1, 0.15) is 5.82 Å². The van der Waals surface area contributed by atoms with Crippen molar-refractivity contribution >= 4 is 5.82 Å². The monoisotopic (exact) mass is 299 g/mol. The van der Waals surface area contributed by atoms with Crippen LogP contribution in [-0.4, -0.2) is 38.5 Å². The molecule has 4 rings (SSSR count). The average Bonchev–Trinajstić information content (AvgIpc) is 2.99. The molecule has 2 aliphatic carbocycles. The van der Waals surface area contributed by atoms with E-state index in [0.29, 0.717) is 17.6 Å². The molecule has 22 heavy (non-hydrogen) atoms. The molecule has 2 aliphatic rings. The molecule has 6 nitrogen and oxygen atoms in total. The Labute approximate surface area is 129 Å². The minimum atomic E-state index is 0.319. The van der Waals surface area contributed by atoms with Crippen LogP contribution >= 0.6 is 0 Å². The molecule has 6 heteroatoms. The number of anilines is 1. The quantitative estimate of drug-likeness (QED) is 0.918. The van der Waals surface area contributed by atoms with Gasteiger partial charge in [-0.2, -0.15) is 5.10 Å². The molecule has 1 spiro atoms. The van der Waals surface area contributed by atoms with E-state index in [4.69, 9.17) is 4.74 Å². The van der Waals surface area contributed by atoms with Gasteiger partial charge in [-0.1, -0.05) is 6.42 Å². The van der Waals surface area contributed by atoms with Crippen molar-refractivity contribution < 1.29 is 4.74 Å². The fourth-order valence-electron chi connectivity index (χ4n) is 3.76. The molecular formula is C16H21N5O. The third-order valence-electron chi connectivity index (χ3n) is 5.12. The van der Waals surface area contributed by atoms with E-state index in [1.807, 2.05) is 12.3 Å². The van der Waals surface area contributed by atoms with Crippen LogP contribution in [0.4, 0.5) is 5.82 Å². The van der Waals surface area contributed by atoms with E-state index < -0.39 is 0 Å². The second-order valence-electron chi connectivity index (χ2n) is 6.18. The lowest BCUT2D eigenvalue weighted by Crippen LogP contribution is -2.64. The number of aromatic nitrogens is 4. The van der Waals surface area contributed by atoms with Crippen LogP contribution in [-0.2, 0) is 4.74 Å². The normalized spacial score (nSPS) is 25.5. The molecule has 1 N–H and O–H groups in total. The van der Waals surface area contributed by atoms with E-state index >= 15 is 0 Å². The lowest BCUT2D eigenvalue weighted by Gasteiger charge is -2.61. The van der Waals surface area contributed by atoms with Gasteiger partial charge in [-0.25, -0.2) is 9.67 Å². The summed E-state index contributed by atoms with van der Waals surface area (Å²) >= 11 is 0. The summed E-state index contributed by atoms with van der Waals surface area (Å²) in [5.41, 5.74) is 0.319. The summed E-state index contributed by atoms with van der Waals surface area (Å²) in [7, 11) is 0. The molecule has 116 valence electrons. The second kappa shape index (κ2) is 5.35. The van der Waals surface area contributed by atoms with E-state index in [1.165, 1.54) is 19.3 Å². The minimum absolute atomic E-state index is 0.319. The van der Waals surface area contributed by atoms with Gasteiger partial charge in [0, 0.05) is 30.5 Å². The summed E-state index contributed by atoms with van der Waals surface area (Å²) in [6.45, 7) is 2.87. The summed E-state index contributed by atoms with van der Waals surface area (Å²) in [6.07, 6.45) is 12.4. The predicted octanol–water partition coefficient (Wildman–Crippen LogP) is 2.42. The number of hydrogen-bond donors (Lipinski definition) is 1. The maximum absolute atomic E-state index is 5.90. The highest BCUT2D eigenvalue weighted by Crippen LogP contribution is 2.58. The first-order valence-electron chi connectivity index (χ1n) is 8.02. The Bertz CT molecular complexity index is 638. The standard InChI is InChI=1S/C16H21N5O/c1-2-22-13-9-12(16(13)5-3-6-16)19-14-10-17-11-15(20-14)21-8-4-7-18-21/h4,7-8,10-13H,2-3,5-6,9H2,1H3,(H,19,20)/t12-,13+/m0/s1. The number of rotatable bonds is 5. The van der Waals surface area contributed by atoms with E-state index in [9.17, 15) is 0 Å². The lowest BCUT2D eigenvalue weighted by atomic mass is 9.51. The van der Waals surface area contributed by atoms with Gasteiger partial charge in [-0.3, -0.25) is 4.98 Å². The van der Waals surface area contributed by atoms with Crippen molar-refractivity contribution in [3.63, 3.8) is 0 Å². The lowest BCUT2D eigenvalue weighted by molar-refractivity contribution is -0.157. The van der Waals surface area contributed by atoms with Gasteiger partial charge in [0.15, 0.2) is 5.82 Å². The third-order valence-corrected chi connectivity index (χ3v) is 5.12. The summed E-state index contributed by atoms with van der Waals surface area (Å²) < 4.78 is 7.62.